The van der Waals surface area contributed by atoms with Crippen molar-refractivity contribution < 1.29 is 13.9 Å². The lowest BCUT2D eigenvalue weighted by molar-refractivity contribution is 0.389. The highest BCUT2D eigenvalue weighted by Crippen LogP contribution is 2.40. The van der Waals surface area contributed by atoms with E-state index < -0.39 is 5.82 Å². The van der Waals surface area contributed by atoms with Crippen LogP contribution in [0, 0.1) is 5.82 Å². The molecule has 0 saturated carbocycles. The lowest BCUT2D eigenvalue weighted by atomic mass is 10.1. The van der Waals surface area contributed by atoms with Gasteiger partial charge in [0.15, 0.2) is 11.6 Å². The van der Waals surface area contributed by atoms with Crippen molar-refractivity contribution in [1.29, 1.82) is 0 Å². The van der Waals surface area contributed by atoms with E-state index in [4.69, 9.17) is 9.47 Å². The lowest BCUT2D eigenvalue weighted by Crippen LogP contribution is -2.08. The van der Waals surface area contributed by atoms with Gasteiger partial charge in [0.2, 0.25) is 0 Å². The number of nitrogens with one attached hydrogen (secondary N) is 1. The molecule has 9 heteroatoms. The highest BCUT2D eigenvalue weighted by atomic mass is 32.2. The molecule has 162 valence electrons. The van der Waals surface area contributed by atoms with E-state index in [-0.39, 0.29) is 10.5 Å². The maximum absolute atomic E-state index is 14.8. The first-order valence-corrected chi connectivity index (χ1v) is 10.9. The van der Waals surface area contributed by atoms with Crippen LogP contribution < -0.4 is 14.2 Å². The Bertz CT molecular complexity index is 1050. The van der Waals surface area contributed by atoms with Crippen molar-refractivity contribution in [3.05, 3.63) is 36.4 Å². The van der Waals surface area contributed by atoms with E-state index in [0.29, 0.717) is 11.3 Å². The molecular weight excluding hydrogens is 423 g/mol. The fourth-order valence-corrected chi connectivity index (χ4v) is 4.42. The third kappa shape index (κ3) is 4.96. The van der Waals surface area contributed by atoms with Crippen molar-refractivity contribution in [2.75, 3.05) is 33.0 Å². The number of methoxy groups -OCH3 is 2. The van der Waals surface area contributed by atoms with Crippen molar-refractivity contribution in [2.45, 2.75) is 30.4 Å². The van der Waals surface area contributed by atoms with Crippen LogP contribution in [0.2, 0.25) is 0 Å². The van der Waals surface area contributed by atoms with Crippen molar-refractivity contribution in [2.24, 2.45) is 0 Å². The van der Waals surface area contributed by atoms with Crippen LogP contribution in [0.3, 0.4) is 0 Å². The Labute approximate surface area is 185 Å². The second-order valence-corrected chi connectivity index (χ2v) is 10.8. The minimum absolute atomic E-state index is 0.00835. The average Bonchev–Trinajstić information content (AvgIpc) is 3.06. The highest BCUT2D eigenvalue weighted by molar-refractivity contribution is 8.00. The minimum Gasteiger partial charge on any atom is -0.495 e. The van der Waals surface area contributed by atoms with Gasteiger partial charge in [0.25, 0.3) is 0 Å². The predicted octanol–water partition coefficient (Wildman–Crippen LogP) is 5.58. The quantitative estimate of drug-likeness (QED) is 0.372. The fraction of sp³-hybridized carbons (Fsp3) is 0.381. The molecule has 0 atom stereocenters. The summed E-state index contributed by atoms with van der Waals surface area (Å²) in [7, 11) is 6.91. The molecule has 0 aliphatic heterocycles. The summed E-state index contributed by atoms with van der Waals surface area (Å²) in [5.74, 6) is 0.502. The summed E-state index contributed by atoms with van der Waals surface area (Å²) < 4.78 is 32.6. The zero-order valence-electron chi connectivity index (χ0n) is 18.2. The minimum atomic E-state index is -0.440. The number of halogens is 1. The normalized spacial score (nSPS) is 11.9. The van der Waals surface area contributed by atoms with Crippen LogP contribution in [0.4, 0.5) is 10.1 Å². The molecule has 3 aromatic rings. The van der Waals surface area contributed by atoms with Crippen LogP contribution in [-0.4, -0.2) is 46.8 Å². The molecule has 0 spiro atoms. The Balaban J connectivity index is 2.13. The number of imidazole rings is 1. The van der Waals surface area contributed by atoms with E-state index >= 15 is 0 Å². The van der Waals surface area contributed by atoms with Gasteiger partial charge in [-0.1, -0.05) is 20.8 Å². The summed E-state index contributed by atoms with van der Waals surface area (Å²) >= 11 is 3.05. The SMILES string of the molecule is COc1cc2ncc(-c3cc(F)c(OC)c(NSN(C)C)c3)n2cc1SC(C)(C)C. The Morgan fingerprint density at radius 2 is 1.87 bits per heavy atom. The summed E-state index contributed by atoms with van der Waals surface area (Å²) in [5, 5.41) is 0. The second kappa shape index (κ2) is 8.95. The Morgan fingerprint density at radius 1 is 1.13 bits per heavy atom. The first kappa shape index (κ1) is 22.6. The average molecular weight is 451 g/mol. The number of nitrogens with zero attached hydrogens (tertiary/aromatic N) is 3. The summed E-state index contributed by atoms with van der Waals surface area (Å²) in [6.07, 6.45) is 3.74. The standard InChI is InChI=1S/C21H27FN4O2S2/c1-21(2,3)29-18-12-26-16(11-23-19(26)10-17(18)27-6)13-8-14(22)20(28-7)15(9-13)24-30-25(4)5/h8-12,24H,1-7H3. The monoisotopic (exact) mass is 450 g/mol. The molecule has 0 saturated heterocycles. The zero-order chi connectivity index (χ0) is 22.1. The molecular formula is C21H27FN4O2S2. The van der Waals surface area contributed by atoms with E-state index in [1.54, 1.807) is 25.1 Å². The first-order valence-electron chi connectivity index (χ1n) is 9.35. The molecule has 1 N–H and O–H groups in total. The number of hydrogen-bond acceptors (Lipinski definition) is 7. The van der Waals surface area contributed by atoms with E-state index in [1.807, 2.05) is 41.1 Å². The summed E-state index contributed by atoms with van der Waals surface area (Å²) in [6.45, 7) is 6.44. The largest absolute Gasteiger partial charge is 0.495 e. The third-order valence-corrected chi connectivity index (χ3v) is 5.91. The van der Waals surface area contributed by atoms with Gasteiger partial charge < -0.3 is 14.2 Å². The maximum atomic E-state index is 14.8. The third-order valence-electron chi connectivity index (χ3n) is 4.09. The number of thioether (sulfide) groups is 1. The van der Waals surface area contributed by atoms with Gasteiger partial charge in [0.05, 0.1) is 36.7 Å². The molecule has 0 fully saturated rings. The molecule has 3 rings (SSSR count). The van der Waals surface area contributed by atoms with E-state index in [2.05, 4.69) is 30.5 Å². The van der Waals surface area contributed by atoms with Crippen LogP contribution in [-0.2, 0) is 0 Å². The molecule has 6 nitrogen and oxygen atoms in total. The smallest absolute Gasteiger partial charge is 0.178 e. The number of anilines is 1. The van der Waals surface area contributed by atoms with Gasteiger partial charge in [-0.05, 0) is 26.2 Å². The first-order chi connectivity index (χ1) is 14.1. The summed E-state index contributed by atoms with van der Waals surface area (Å²) in [5.41, 5.74) is 2.76. The molecule has 0 bridgehead atoms. The van der Waals surface area contributed by atoms with Gasteiger partial charge in [-0.25, -0.2) is 13.7 Å². The van der Waals surface area contributed by atoms with Crippen molar-refractivity contribution in [1.82, 2.24) is 13.7 Å². The number of hydrogen-bond donors (Lipinski definition) is 1. The molecule has 2 aromatic heterocycles. The lowest BCUT2D eigenvalue weighted by Gasteiger charge is -2.20. The van der Waals surface area contributed by atoms with Crippen LogP contribution >= 0.6 is 23.9 Å². The van der Waals surface area contributed by atoms with E-state index in [1.165, 1.54) is 25.3 Å². The Morgan fingerprint density at radius 3 is 2.47 bits per heavy atom. The van der Waals surface area contributed by atoms with E-state index in [0.717, 1.165) is 22.0 Å². The van der Waals surface area contributed by atoms with Gasteiger partial charge in [-0.3, -0.25) is 4.40 Å². The molecule has 0 aliphatic carbocycles. The molecule has 2 heterocycles. The van der Waals surface area contributed by atoms with E-state index in [9.17, 15) is 4.39 Å². The van der Waals surface area contributed by atoms with Gasteiger partial charge in [0.1, 0.15) is 11.4 Å². The number of benzene rings is 1. The number of fused-ring (bicyclic) bond motifs is 1. The highest BCUT2D eigenvalue weighted by Gasteiger charge is 2.20. The van der Waals surface area contributed by atoms with Crippen LogP contribution in [0.5, 0.6) is 11.5 Å². The number of ether oxygens (including phenoxy) is 2. The van der Waals surface area contributed by atoms with Gasteiger partial charge in [0, 0.05) is 34.7 Å². The van der Waals surface area contributed by atoms with Crippen LogP contribution in [0.15, 0.2) is 35.5 Å². The fourth-order valence-electron chi connectivity index (χ4n) is 2.93. The molecule has 0 amide bonds. The topological polar surface area (TPSA) is 51.0 Å². The second-order valence-electron chi connectivity index (χ2n) is 7.84. The van der Waals surface area contributed by atoms with Gasteiger partial charge in [-0.15, -0.1) is 11.8 Å². The maximum Gasteiger partial charge on any atom is 0.178 e. The van der Waals surface area contributed by atoms with Gasteiger partial charge in [-0.2, -0.15) is 0 Å². The summed E-state index contributed by atoms with van der Waals surface area (Å²) in [6, 6.07) is 5.23. The Hall–Kier alpha value is -2.10. The summed E-state index contributed by atoms with van der Waals surface area (Å²) in [4.78, 5) is 5.50. The van der Waals surface area contributed by atoms with Crippen molar-refractivity contribution in [3.63, 3.8) is 0 Å². The molecule has 0 radical (unpaired) electrons. The number of rotatable bonds is 7. The molecule has 1 aromatic carbocycles. The van der Waals surface area contributed by atoms with Crippen molar-refractivity contribution >= 4 is 35.2 Å². The van der Waals surface area contributed by atoms with Crippen LogP contribution in [0.1, 0.15) is 20.8 Å². The number of aromatic nitrogens is 2. The van der Waals surface area contributed by atoms with Gasteiger partial charge >= 0.3 is 0 Å². The van der Waals surface area contributed by atoms with Crippen LogP contribution in [0.25, 0.3) is 16.9 Å². The molecule has 0 unspecified atom stereocenters. The molecule has 30 heavy (non-hydrogen) atoms. The predicted molar refractivity (Wildman–Crippen MR) is 124 cm³/mol. The number of pyridine rings is 1. The Kier molecular flexibility index (Phi) is 6.74. The van der Waals surface area contributed by atoms with Crippen molar-refractivity contribution in [3.8, 4) is 22.8 Å². The zero-order valence-corrected chi connectivity index (χ0v) is 19.9. The molecule has 0 aliphatic rings.